The summed E-state index contributed by atoms with van der Waals surface area (Å²) in [5.74, 6) is 0.186. The highest BCUT2D eigenvalue weighted by atomic mass is 16.3. The lowest BCUT2D eigenvalue weighted by Gasteiger charge is -2.01. The van der Waals surface area contributed by atoms with Crippen molar-refractivity contribution < 1.29 is 9.90 Å². The Balaban J connectivity index is 2.12. The molecular formula is C13H11NO2. The van der Waals surface area contributed by atoms with Gasteiger partial charge in [-0.1, -0.05) is 6.07 Å². The minimum atomic E-state index is 0.0213. The quantitative estimate of drug-likeness (QED) is 0.795. The van der Waals surface area contributed by atoms with Crippen molar-refractivity contribution in [1.29, 1.82) is 0 Å². The summed E-state index contributed by atoms with van der Waals surface area (Å²) in [6.07, 6.45) is 3.69. The number of rotatable bonds is 3. The van der Waals surface area contributed by atoms with Crippen LogP contribution >= 0.6 is 0 Å². The molecule has 2 rings (SSSR count). The number of phenols is 1. The largest absolute Gasteiger partial charge is 0.508 e. The zero-order valence-electron chi connectivity index (χ0n) is 8.63. The minimum Gasteiger partial charge on any atom is -0.508 e. The molecule has 0 radical (unpaired) electrons. The number of pyridine rings is 1. The maximum absolute atomic E-state index is 11.8. The summed E-state index contributed by atoms with van der Waals surface area (Å²) < 4.78 is 0. The van der Waals surface area contributed by atoms with E-state index in [2.05, 4.69) is 4.98 Å². The predicted molar refractivity (Wildman–Crippen MR) is 60.4 cm³/mol. The number of aromatic nitrogens is 1. The van der Waals surface area contributed by atoms with Crippen LogP contribution in [0.3, 0.4) is 0 Å². The Labute approximate surface area is 93.4 Å². The van der Waals surface area contributed by atoms with Gasteiger partial charge in [-0.05, 0) is 35.9 Å². The van der Waals surface area contributed by atoms with E-state index in [0.717, 1.165) is 5.56 Å². The second-order valence-electron chi connectivity index (χ2n) is 3.51. The van der Waals surface area contributed by atoms with Crippen LogP contribution in [0.15, 0.2) is 48.8 Å². The molecule has 0 aliphatic carbocycles. The molecule has 0 fully saturated rings. The summed E-state index contributed by atoms with van der Waals surface area (Å²) in [6, 6.07) is 9.93. The molecule has 1 aromatic heterocycles. The van der Waals surface area contributed by atoms with Crippen molar-refractivity contribution in [3.8, 4) is 5.75 Å². The van der Waals surface area contributed by atoms with Crippen LogP contribution in [-0.2, 0) is 6.42 Å². The Morgan fingerprint density at radius 3 is 2.56 bits per heavy atom. The van der Waals surface area contributed by atoms with E-state index in [-0.39, 0.29) is 11.5 Å². The first-order valence-electron chi connectivity index (χ1n) is 4.97. The fourth-order valence-electron chi connectivity index (χ4n) is 1.44. The molecule has 0 aliphatic rings. The van der Waals surface area contributed by atoms with Gasteiger partial charge in [0.25, 0.3) is 0 Å². The number of phenolic OH excluding ortho intramolecular Hbond substituents is 1. The third-order valence-electron chi connectivity index (χ3n) is 2.28. The molecular weight excluding hydrogens is 202 g/mol. The van der Waals surface area contributed by atoms with Crippen LogP contribution in [0.4, 0.5) is 0 Å². The Hall–Kier alpha value is -2.16. The number of carbonyl (C=O) groups excluding carboxylic acids is 1. The molecule has 0 saturated carbocycles. The normalized spacial score (nSPS) is 10.0. The van der Waals surface area contributed by atoms with Crippen molar-refractivity contribution in [2.45, 2.75) is 6.42 Å². The minimum absolute atomic E-state index is 0.0213. The number of Topliss-reactive ketones (excluding diaryl/α,β-unsaturated/α-hetero) is 1. The van der Waals surface area contributed by atoms with E-state index < -0.39 is 0 Å². The van der Waals surface area contributed by atoms with E-state index >= 15 is 0 Å². The van der Waals surface area contributed by atoms with Crippen LogP contribution in [0.25, 0.3) is 0 Å². The van der Waals surface area contributed by atoms with Gasteiger partial charge < -0.3 is 5.11 Å². The highest BCUT2D eigenvalue weighted by molar-refractivity contribution is 5.97. The lowest BCUT2D eigenvalue weighted by atomic mass is 10.0. The summed E-state index contributed by atoms with van der Waals surface area (Å²) >= 11 is 0. The van der Waals surface area contributed by atoms with Crippen LogP contribution in [0.5, 0.6) is 5.75 Å². The van der Waals surface area contributed by atoms with Gasteiger partial charge in [-0.2, -0.15) is 0 Å². The van der Waals surface area contributed by atoms with Gasteiger partial charge in [0.05, 0.1) is 0 Å². The molecule has 0 spiro atoms. The highest BCUT2D eigenvalue weighted by Crippen LogP contribution is 2.12. The number of ketones is 1. The van der Waals surface area contributed by atoms with Gasteiger partial charge >= 0.3 is 0 Å². The molecule has 1 N–H and O–H groups in total. The monoisotopic (exact) mass is 213 g/mol. The zero-order valence-corrected chi connectivity index (χ0v) is 8.63. The van der Waals surface area contributed by atoms with Gasteiger partial charge in [0.1, 0.15) is 5.75 Å². The highest BCUT2D eigenvalue weighted by Gasteiger charge is 2.06. The third kappa shape index (κ3) is 2.45. The maximum Gasteiger partial charge on any atom is 0.167 e. The molecule has 0 amide bonds. The molecule has 3 nitrogen and oxygen atoms in total. The topological polar surface area (TPSA) is 50.2 Å². The van der Waals surface area contributed by atoms with Crippen molar-refractivity contribution in [1.82, 2.24) is 4.98 Å². The average Bonchev–Trinajstić information content (AvgIpc) is 2.31. The van der Waals surface area contributed by atoms with E-state index in [4.69, 9.17) is 5.11 Å². The number of nitrogens with zero attached hydrogens (tertiary/aromatic N) is 1. The van der Waals surface area contributed by atoms with E-state index in [1.807, 2.05) is 6.07 Å². The SMILES string of the molecule is O=C(Cc1cccnc1)c1ccc(O)cc1. The molecule has 0 unspecified atom stereocenters. The standard InChI is InChI=1S/C13H11NO2/c15-12-5-3-11(4-6-12)13(16)8-10-2-1-7-14-9-10/h1-7,9,15H,8H2. The molecule has 1 aromatic carbocycles. The first kappa shape index (κ1) is 10.4. The third-order valence-corrected chi connectivity index (χ3v) is 2.28. The first-order valence-corrected chi connectivity index (χ1v) is 4.97. The van der Waals surface area contributed by atoms with Gasteiger partial charge in [-0.3, -0.25) is 9.78 Å². The molecule has 0 saturated heterocycles. The van der Waals surface area contributed by atoms with Crippen LogP contribution in [0.2, 0.25) is 0 Å². The summed E-state index contributed by atoms with van der Waals surface area (Å²) in [5.41, 5.74) is 1.49. The Morgan fingerprint density at radius 1 is 1.19 bits per heavy atom. The number of hydrogen-bond donors (Lipinski definition) is 1. The molecule has 0 aliphatic heterocycles. The van der Waals surface area contributed by atoms with Gasteiger partial charge in [0.15, 0.2) is 5.78 Å². The summed E-state index contributed by atoms with van der Waals surface area (Å²) in [5, 5.41) is 9.11. The van der Waals surface area contributed by atoms with Crippen LogP contribution in [0.1, 0.15) is 15.9 Å². The first-order chi connectivity index (χ1) is 7.75. The lowest BCUT2D eigenvalue weighted by Crippen LogP contribution is -2.03. The summed E-state index contributed by atoms with van der Waals surface area (Å²) in [7, 11) is 0. The Kier molecular flexibility index (Phi) is 2.96. The van der Waals surface area contributed by atoms with Crippen molar-refractivity contribution in [2.75, 3.05) is 0 Å². The fourth-order valence-corrected chi connectivity index (χ4v) is 1.44. The Morgan fingerprint density at radius 2 is 1.94 bits per heavy atom. The van der Waals surface area contributed by atoms with E-state index in [1.165, 1.54) is 12.1 Å². The Bertz CT molecular complexity index is 477. The number of benzene rings is 1. The molecule has 0 bridgehead atoms. The molecule has 0 atom stereocenters. The van der Waals surface area contributed by atoms with Crippen LogP contribution in [-0.4, -0.2) is 15.9 Å². The van der Waals surface area contributed by atoms with Crippen molar-refractivity contribution in [3.63, 3.8) is 0 Å². The fraction of sp³-hybridized carbons (Fsp3) is 0.0769. The van der Waals surface area contributed by atoms with Gasteiger partial charge in [-0.15, -0.1) is 0 Å². The number of hydrogen-bond acceptors (Lipinski definition) is 3. The average molecular weight is 213 g/mol. The molecule has 16 heavy (non-hydrogen) atoms. The molecule has 80 valence electrons. The van der Waals surface area contributed by atoms with Gasteiger partial charge in [0.2, 0.25) is 0 Å². The van der Waals surface area contributed by atoms with E-state index in [0.29, 0.717) is 12.0 Å². The predicted octanol–water partition coefficient (Wildman–Crippen LogP) is 2.21. The lowest BCUT2D eigenvalue weighted by molar-refractivity contribution is 0.0993. The van der Waals surface area contributed by atoms with Gasteiger partial charge in [0, 0.05) is 24.4 Å². The second-order valence-corrected chi connectivity index (χ2v) is 3.51. The number of carbonyl (C=O) groups is 1. The zero-order chi connectivity index (χ0) is 11.4. The van der Waals surface area contributed by atoms with Crippen LogP contribution in [0, 0.1) is 0 Å². The van der Waals surface area contributed by atoms with Crippen molar-refractivity contribution in [3.05, 3.63) is 59.9 Å². The van der Waals surface area contributed by atoms with E-state index in [9.17, 15) is 4.79 Å². The van der Waals surface area contributed by atoms with Crippen LogP contribution < -0.4 is 0 Å². The number of aromatic hydroxyl groups is 1. The second kappa shape index (κ2) is 4.57. The van der Waals surface area contributed by atoms with E-state index in [1.54, 1.807) is 30.6 Å². The smallest absolute Gasteiger partial charge is 0.167 e. The molecule has 1 heterocycles. The molecule has 2 aromatic rings. The molecule has 3 heteroatoms. The van der Waals surface area contributed by atoms with Crippen molar-refractivity contribution >= 4 is 5.78 Å². The van der Waals surface area contributed by atoms with Crippen molar-refractivity contribution in [2.24, 2.45) is 0 Å². The summed E-state index contributed by atoms with van der Waals surface area (Å²) in [4.78, 5) is 15.8. The summed E-state index contributed by atoms with van der Waals surface area (Å²) in [6.45, 7) is 0. The maximum atomic E-state index is 11.8. The van der Waals surface area contributed by atoms with Gasteiger partial charge in [-0.25, -0.2) is 0 Å².